The molecule has 20 heavy (non-hydrogen) atoms. The maximum absolute atomic E-state index is 6.12. The van der Waals surface area contributed by atoms with E-state index in [0.717, 1.165) is 37.0 Å². The molecule has 0 heterocycles. The van der Waals surface area contributed by atoms with Crippen molar-refractivity contribution in [3.05, 3.63) is 34.9 Å². The first-order valence-corrected chi connectivity index (χ1v) is 8.32. The zero-order chi connectivity index (χ0) is 14.4. The minimum absolute atomic E-state index is 0.409. The molecule has 1 aliphatic carbocycles. The number of hydrogen-bond donors (Lipinski definition) is 1. The smallest absolute Gasteiger partial charge is 0.0409 e. The summed E-state index contributed by atoms with van der Waals surface area (Å²) in [6.45, 7) is 9.03. The van der Waals surface area contributed by atoms with Crippen LogP contribution >= 0.6 is 11.6 Å². The van der Waals surface area contributed by atoms with Crippen LogP contribution in [-0.2, 0) is 0 Å². The Morgan fingerprint density at radius 2 is 2.15 bits per heavy atom. The van der Waals surface area contributed by atoms with Gasteiger partial charge in [-0.1, -0.05) is 37.6 Å². The van der Waals surface area contributed by atoms with Gasteiger partial charge in [0, 0.05) is 17.6 Å². The quantitative estimate of drug-likeness (QED) is 0.737. The summed E-state index contributed by atoms with van der Waals surface area (Å²) in [5, 5.41) is 4.42. The zero-order valence-electron chi connectivity index (χ0n) is 12.7. The van der Waals surface area contributed by atoms with E-state index in [9.17, 15) is 0 Å². The van der Waals surface area contributed by atoms with Crippen LogP contribution in [-0.4, -0.2) is 31.1 Å². The second-order valence-electron chi connectivity index (χ2n) is 5.79. The van der Waals surface area contributed by atoms with Gasteiger partial charge in [0.2, 0.25) is 0 Å². The summed E-state index contributed by atoms with van der Waals surface area (Å²) >= 11 is 6.12. The Kier molecular flexibility index (Phi) is 6.34. The second-order valence-corrected chi connectivity index (χ2v) is 6.23. The third kappa shape index (κ3) is 5.08. The molecule has 1 fully saturated rings. The predicted octanol–water partition coefficient (Wildman–Crippen LogP) is 4.11. The molecule has 1 N–H and O–H groups in total. The molecule has 1 unspecified atom stereocenters. The molecular formula is C17H27ClN2. The Bertz CT molecular complexity index is 404. The molecule has 1 aliphatic rings. The van der Waals surface area contributed by atoms with Crippen molar-refractivity contribution in [3.63, 3.8) is 0 Å². The topological polar surface area (TPSA) is 15.3 Å². The van der Waals surface area contributed by atoms with Crippen LogP contribution in [0, 0.1) is 5.92 Å². The summed E-state index contributed by atoms with van der Waals surface area (Å²) in [7, 11) is 0. The molecule has 0 amide bonds. The first-order chi connectivity index (χ1) is 9.72. The molecule has 1 atom stereocenters. The molecular weight excluding hydrogens is 268 g/mol. The van der Waals surface area contributed by atoms with Crippen molar-refractivity contribution in [2.45, 2.75) is 39.2 Å². The van der Waals surface area contributed by atoms with Crippen LogP contribution in [0.5, 0.6) is 0 Å². The number of benzene rings is 1. The summed E-state index contributed by atoms with van der Waals surface area (Å²) in [4.78, 5) is 2.59. The maximum atomic E-state index is 6.12. The molecule has 1 aromatic carbocycles. The SMILES string of the molecule is CCNC(CCN(CC)CC1CC1)c1cccc(Cl)c1. The van der Waals surface area contributed by atoms with E-state index in [1.807, 2.05) is 12.1 Å². The highest BCUT2D eigenvalue weighted by Crippen LogP contribution is 2.30. The van der Waals surface area contributed by atoms with E-state index in [1.165, 1.54) is 24.9 Å². The Hall–Kier alpha value is -0.570. The Balaban J connectivity index is 1.90. The molecule has 2 nitrogen and oxygen atoms in total. The van der Waals surface area contributed by atoms with Gasteiger partial charge in [0.25, 0.3) is 0 Å². The first kappa shape index (κ1) is 15.8. The molecule has 1 aromatic rings. The lowest BCUT2D eigenvalue weighted by Crippen LogP contribution is -2.31. The molecule has 0 aromatic heterocycles. The fourth-order valence-corrected chi connectivity index (χ4v) is 2.91. The minimum atomic E-state index is 0.409. The Morgan fingerprint density at radius 1 is 1.35 bits per heavy atom. The van der Waals surface area contributed by atoms with Crippen LogP contribution < -0.4 is 5.32 Å². The van der Waals surface area contributed by atoms with Crippen LogP contribution in [0.25, 0.3) is 0 Å². The van der Waals surface area contributed by atoms with Crippen LogP contribution in [0.3, 0.4) is 0 Å². The van der Waals surface area contributed by atoms with Crippen LogP contribution in [0.2, 0.25) is 5.02 Å². The van der Waals surface area contributed by atoms with E-state index in [-0.39, 0.29) is 0 Å². The molecule has 0 saturated heterocycles. The molecule has 1 saturated carbocycles. The molecule has 0 radical (unpaired) electrons. The Labute approximate surface area is 128 Å². The fraction of sp³-hybridized carbons (Fsp3) is 0.647. The van der Waals surface area contributed by atoms with Gasteiger partial charge in [0.1, 0.15) is 0 Å². The maximum Gasteiger partial charge on any atom is 0.0409 e. The minimum Gasteiger partial charge on any atom is -0.310 e. The summed E-state index contributed by atoms with van der Waals surface area (Å²) in [5.74, 6) is 0.971. The van der Waals surface area contributed by atoms with Gasteiger partial charge in [0.05, 0.1) is 0 Å². The third-order valence-corrected chi connectivity index (χ3v) is 4.33. The van der Waals surface area contributed by atoms with Gasteiger partial charge in [-0.3, -0.25) is 0 Å². The molecule has 2 rings (SSSR count). The van der Waals surface area contributed by atoms with E-state index in [1.54, 1.807) is 0 Å². The second kappa shape index (κ2) is 8.02. The number of nitrogens with one attached hydrogen (secondary N) is 1. The van der Waals surface area contributed by atoms with Crippen molar-refractivity contribution in [3.8, 4) is 0 Å². The van der Waals surface area contributed by atoms with Crippen molar-refractivity contribution in [2.24, 2.45) is 5.92 Å². The highest BCUT2D eigenvalue weighted by Gasteiger charge is 2.24. The van der Waals surface area contributed by atoms with Gasteiger partial charge in [0.15, 0.2) is 0 Å². The van der Waals surface area contributed by atoms with Crippen LogP contribution in [0.15, 0.2) is 24.3 Å². The van der Waals surface area contributed by atoms with Crippen molar-refractivity contribution >= 4 is 11.6 Å². The summed E-state index contributed by atoms with van der Waals surface area (Å²) in [6.07, 6.45) is 4.01. The van der Waals surface area contributed by atoms with Gasteiger partial charge in [-0.05, 0) is 62.5 Å². The average Bonchev–Trinajstić information content (AvgIpc) is 3.25. The lowest BCUT2D eigenvalue weighted by atomic mass is 10.0. The molecule has 0 spiro atoms. The molecule has 0 bridgehead atoms. The number of halogens is 1. The fourth-order valence-electron chi connectivity index (χ4n) is 2.71. The van der Waals surface area contributed by atoms with Crippen molar-refractivity contribution in [1.82, 2.24) is 10.2 Å². The van der Waals surface area contributed by atoms with Gasteiger partial charge < -0.3 is 10.2 Å². The largest absolute Gasteiger partial charge is 0.310 e. The first-order valence-electron chi connectivity index (χ1n) is 7.94. The Morgan fingerprint density at radius 3 is 2.75 bits per heavy atom. The van der Waals surface area contributed by atoms with E-state index >= 15 is 0 Å². The lowest BCUT2D eigenvalue weighted by Gasteiger charge is -2.25. The van der Waals surface area contributed by atoms with E-state index in [0.29, 0.717) is 6.04 Å². The van der Waals surface area contributed by atoms with Crippen molar-refractivity contribution in [2.75, 3.05) is 26.2 Å². The zero-order valence-corrected chi connectivity index (χ0v) is 13.5. The number of rotatable bonds is 9. The highest BCUT2D eigenvalue weighted by atomic mass is 35.5. The highest BCUT2D eigenvalue weighted by molar-refractivity contribution is 6.30. The molecule has 0 aliphatic heterocycles. The van der Waals surface area contributed by atoms with Crippen molar-refractivity contribution in [1.29, 1.82) is 0 Å². The van der Waals surface area contributed by atoms with Crippen LogP contribution in [0.1, 0.15) is 44.7 Å². The van der Waals surface area contributed by atoms with Gasteiger partial charge in [-0.15, -0.1) is 0 Å². The van der Waals surface area contributed by atoms with Gasteiger partial charge in [-0.25, -0.2) is 0 Å². The van der Waals surface area contributed by atoms with E-state index < -0.39 is 0 Å². The molecule has 112 valence electrons. The van der Waals surface area contributed by atoms with Gasteiger partial charge in [-0.2, -0.15) is 0 Å². The number of hydrogen-bond acceptors (Lipinski definition) is 2. The van der Waals surface area contributed by atoms with Gasteiger partial charge >= 0.3 is 0 Å². The van der Waals surface area contributed by atoms with E-state index in [4.69, 9.17) is 11.6 Å². The van der Waals surface area contributed by atoms with Crippen molar-refractivity contribution < 1.29 is 0 Å². The van der Waals surface area contributed by atoms with Crippen LogP contribution in [0.4, 0.5) is 0 Å². The summed E-state index contributed by atoms with van der Waals surface area (Å²) in [6, 6.07) is 8.66. The van der Waals surface area contributed by atoms with E-state index in [2.05, 4.69) is 36.2 Å². The lowest BCUT2D eigenvalue weighted by molar-refractivity contribution is 0.259. The normalized spacial score (nSPS) is 16.6. The standard InChI is InChI=1S/C17H27ClN2/c1-3-19-17(15-6-5-7-16(18)12-15)10-11-20(4-2)13-14-8-9-14/h5-7,12,14,17,19H,3-4,8-11,13H2,1-2H3. The summed E-state index contributed by atoms with van der Waals surface area (Å²) < 4.78 is 0. The molecule has 3 heteroatoms. The predicted molar refractivity (Wildman–Crippen MR) is 87.3 cm³/mol. The average molecular weight is 295 g/mol. The third-order valence-electron chi connectivity index (χ3n) is 4.10. The number of nitrogens with zero attached hydrogens (tertiary/aromatic N) is 1. The monoisotopic (exact) mass is 294 g/mol. The summed E-state index contributed by atoms with van der Waals surface area (Å²) in [5.41, 5.74) is 1.31.